The van der Waals surface area contributed by atoms with E-state index in [0.717, 1.165) is 36.1 Å². The van der Waals surface area contributed by atoms with Gasteiger partial charge in [0.2, 0.25) is 0 Å². The molecule has 0 radical (unpaired) electrons. The molecule has 4 heteroatoms. The molecule has 1 aliphatic carbocycles. The van der Waals surface area contributed by atoms with Gasteiger partial charge in [-0.2, -0.15) is 0 Å². The van der Waals surface area contributed by atoms with Crippen molar-refractivity contribution in [3.63, 3.8) is 0 Å². The maximum Gasteiger partial charge on any atom is 0.306 e. The number of carbonyl (C=O) groups is 2. The number of anilines is 1. The third-order valence-corrected chi connectivity index (χ3v) is 3.91. The number of hydrogen-bond donors (Lipinski definition) is 1. The molecular formula is C18H23NO3. The van der Waals surface area contributed by atoms with E-state index in [4.69, 9.17) is 4.74 Å². The molecule has 1 aromatic carbocycles. The molecule has 1 aliphatic rings. The molecule has 1 N–H and O–H groups in total. The number of rotatable bonds is 6. The number of benzene rings is 1. The van der Waals surface area contributed by atoms with E-state index < -0.39 is 0 Å². The number of ether oxygens (including phenoxy) is 1. The summed E-state index contributed by atoms with van der Waals surface area (Å²) in [6.07, 6.45) is 7.33. The van der Waals surface area contributed by atoms with E-state index in [1.807, 2.05) is 38.1 Å². The fourth-order valence-electron chi connectivity index (χ4n) is 2.66. The highest BCUT2D eigenvalue weighted by Crippen LogP contribution is 2.22. The van der Waals surface area contributed by atoms with Crippen molar-refractivity contribution in [2.24, 2.45) is 5.92 Å². The Labute approximate surface area is 131 Å². The predicted molar refractivity (Wildman–Crippen MR) is 86.6 cm³/mol. The SMILES string of the molecule is CCc1cccc(C)c1NC(=O)COC(=O)C[C@@H]1C=CCC1. The van der Waals surface area contributed by atoms with Gasteiger partial charge in [0.05, 0.1) is 6.42 Å². The Kier molecular flexibility index (Phi) is 5.75. The Hall–Kier alpha value is -2.10. The molecule has 1 amide bonds. The van der Waals surface area contributed by atoms with Crippen LogP contribution < -0.4 is 5.32 Å². The maximum atomic E-state index is 12.0. The summed E-state index contributed by atoms with van der Waals surface area (Å²) in [5.74, 6) is -0.342. The number of para-hydroxylation sites is 1. The molecule has 0 spiro atoms. The predicted octanol–water partition coefficient (Wildman–Crippen LogP) is 3.40. The zero-order valence-electron chi connectivity index (χ0n) is 13.2. The van der Waals surface area contributed by atoms with Gasteiger partial charge >= 0.3 is 5.97 Å². The molecule has 118 valence electrons. The van der Waals surface area contributed by atoms with Crippen LogP contribution in [0.4, 0.5) is 5.69 Å². The van der Waals surface area contributed by atoms with Crippen molar-refractivity contribution in [2.45, 2.75) is 39.5 Å². The standard InChI is InChI=1S/C18H23NO3/c1-3-15-10-6-7-13(2)18(15)19-16(20)12-22-17(21)11-14-8-4-5-9-14/h4,6-8,10,14H,3,5,9,11-12H2,1-2H3,(H,19,20)/t14-/m1/s1. The molecular weight excluding hydrogens is 278 g/mol. The molecule has 2 rings (SSSR count). The highest BCUT2D eigenvalue weighted by molar-refractivity contribution is 5.94. The molecule has 0 unspecified atom stereocenters. The van der Waals surface area contributed by atoms with Crippen LogP contribution in [0.1, 0.15) is 37.3 Å². The highest BCUT2D eigenvalue weighted by atomic mass is 16.5. The summed E-state index contributed by atoms with van der Waals surface area (Å²) in [5.41, 5.74) is 2.91. The van der Waals surface area contributed by atoms with Crippen LogP contribution in [0.3, 0.4) is 0 Å². The first kappa shape index (κ1) is 16.3. The van der Waals surface area contributed by atoms with Gasteiger partial charge in [0.1, 0.15) is 0 Å². The first-order valence-electron chi connectivity index (χ1n) is 7.80. The van der Waals surface area contributed by atoms with Gasteiger partial charge in [-0.15, -0.1) is 0 Å². The molecule has 0 heterocycles. The maximum absolute atomic E-state index is 12.0. The summed E-state index contributed by atoms with van der Waals surface area (Å²) in [6.45, 7) is 3.76. The van der Waals surface area contributed by atoms with Crippen LogP contribution in [0.5, 0.6) is 0 Å². The molecule has 0 fully saturated rings. The van der Waals surface area contributed by atoms with E-state index in [0.29, 0.717) is 6.42 Å². The molecule has 1 aromatic rings. The monoisotopic (exact) mass is 301 g/mol. The van der Waals surface area contributed by atoms with Crippen molar-refractivity contribution in [3.8, 4) is 0 Å². The first-order valence-corrected chi connectivity index (χ1v) is 7.80. The second-order valence-electron chi connectivity index (χ2n) is 5.64. The fourth-order valence-corrected chi connectivity index (χ4v) is 2.66. The minimum atomic E-state index is -0.313. The number of amides is 1. The molecule has 0 saturated carbocycles. The van der Waals surface area contributed by atoms with E-state index in [1.165, 1.54) is 0 Å². The lowest BCUT2D eigenvalue weighted by atomic mass is 10.1. The van der Waals surface area contributed by atoms with Crippen LogP contribution in [-0.2, 0) is 20.7 Å². The van der Waals surface area contributed by atoms with Crippen molar-refractivity contribution in [2.75, 3.05) is 11.9 Å². The molecule has 22 heavy (non-hydrogen) atoms. The molecule has 0 saturated heterocycles. The first-order chi connectivity index (χ1) is 10.6. The molecule has 0 aliphatic heterocycles. The normalized spacial score (nSPS) is 16.5. The molecule has 0 bridgehead atoms. The summed E-state index contributed by atoms with van der Waals surface area (Å²) < 4.78 is 5.07. The quantitative estimate of drug-likeness (QED) is 0.647. The number of esters is 1. The lowest BCUT2D eigenvalue weighted by Crippen LogP contribution is -2.22. The van der Waals surface area contributed by atoms with Gasteiger partial charge in [0.15, 0.2) is 6.61 Å². The Morgan fingerprint density at radius 1 is 1.36 bits per heavy atom. The van der Waals surface area contributed by atoms with Gasteiger partial charge < -0.3 is 10.1 Å². The zero-order chi connectivity index (χ0) is 15.9. The van der Waals surface area contributed by atoms with E-state index in [1.54, 1.807) is 0 Å². The third kappa shape index (κ3) is 4.45. The Morgan fingerprint density at radius 2 is 2.18 bits per heavy atom. The minimum absolute atomic E-state index is 0.229. The second kappa shape index (κ2) is 7.78. The Balaban J connectivity index is 1.83. The summed E-state index contributed by atoms with van der Waals surface area (Å²) >= 11 is 0. The van der Waals surface area contributed by atoms with Crippen molar-refractivity contribution < 1.29 is 14.3 Å². The number of nitrogens with one attached hydrogen (secondary N) is 1. The van der Waals surface area contributed by atoms with Gasteiger partial charge in [0, 0.05) is 5.69 Å². The van der Waals surface area contributed by atoms with Gasteiger partial charge in [0.25, 0.3) is 5.91 Å². The average molecular weight is 301 g/mol. The highest BCUT2D eigenvalue weighted by Gasteiger charge is 2.16. The zero-order valence-corrected chi connectivity index (χ0v) is 13.2. The minimum Gasteiger partial charge on any atom is -0.456 e. The topological polar surface area (TPSA) is 55.4 Å². The van der Waals surface area contributed by atoms with Crippen molar-refractivity contribution in [3.05, 3.63) is 41.5 Å². The lowest BCUT2D eigenvalue weighted by Gasteiger charge is -2.13. The van der Waals surface area contributed by atoms with E-state index in [2.05, 4.69) is 11.4 Å². The Bertz CT molecular complexity index is 578. The van der Waals surface area contributed by atoms with E-state index in [-0.39, 0.29) is 24.4 Å². The molecule has 4 nitrogen and oxygen atoms in total. The van der Waals surface area contributed by atoms with Crippen LogP contribution in [0, 0.1) is 12.8 Å². The number of allylic oxidation sites excluding steroid dienone is 2. The van der Waals surface area contributed by atoms with Crippen molar-refractivity contribution >= 4 is 17.6 Å². The van der Waals surface area contributed by atoms with Crippen molar-refractivity contribution in [1.29, 1.82) is 0 Å². The summed E-state index contributed by atoms with van der Waals surface area (Å²) in [7, 11) is 0. The fraction of sp³-hybridized carbons (Fsp3) is 0.444. The summed E-state index contributed by atoms with van der Waals surface area (Å²) in [6, 6.07) is 5.91. The van der Waals surface area contributed by atoms with Gasteiger partial charge in [-0.05, 0) is 43.2 Å². The average Bonchev–Trinajstić information content (AvgIpc) is 3.00. The van der Waals surface area contributed by atoms with Crippen LogP contribution in [0.2, 0.25) is 0 Å². The Morgan fingerprint density at radius 3 is 2.86 bits per heavy atom. The number of aryl methyl sites for hydroxylation is 2. The molecule has 0 aromatic heterocycles. The molecule has 1 atom stereocenters. The third-order valence-electron chi connectivity index (χ3n) is 3.91. The number of hydrogen-bond acceptors (Lipinski definition) is 3. The lowest BCUT2D eigenvalue weighted by molar-refractivity contribution is -0.147. The van der Waals surface area contributed by atoms with Gasteiger partial charge in [-0.25, -0.2) is 0 Å². The smallest absolute Gasteiger partial charge is 0.306 e. The van der Waals surface area contributed by atoms with Crippen LogP contribution in [-0.4, -0.2) is 18.5 Å². The number of carbonyl (C=O) groups excluding carboxylic acids is 2. The van der Waals surface area contributed by atoms with E-state index >= 15 is 0 Å². The summed E-state index contributed by atoms with van der Waals surface area (Å²) in [5, 5.41) is 2.85. The second-order valence-corrected chi connectivity index (χ2v) is 5.64. The van der Waals surface area contributed by atoms with Crippen LogP contribution in [0.25, 0.3) is 0 Å². The van der Waals surface area contributed by atoms with Gasteiger partial charge in [-0.3, -0.25) is 9.59 Å². The van der Waals surface area contributed by atoms with Crippen molar-refractivity contribution in [1.82, 2.24) is 0 Å². The van der Waals surface area contributed by atoms with E-state index in [9.17, 15) is 9.59 Å². The van der Waals surface area contributed by atoms with Crippen LogP contribution >= 0.6 is 0 Å². The largest absolute Gasteiger partial charge is 0.456 e. The summed E-state index contributed by atoms with van der Waals surface area (Å²) in [4.78, 5) is 23.7. The van der Waals surface area contributed by atoms with Crippen LogP contribution in [0.15, 0.2) is 30.4 Å². The van der Waals surface area contributed by atoms with Gasteiger partial charge in [-0.1, -0.05) is 37.3 Å².